The number of piperidine rings is 1. The molecule has 4 rings (SSSR count). The molecule has 1 heterocycles. The maximum absolute atomic E-state index is 4.61. The van der Waals surface area contributed by atoms with Gasteiger partial charge in [-0.2, -0.15) is 0 Å². The molecule has 1 heteroatoms. The Morgan fingerprint density at radius 1 is 0.674 bits per heavy atom. The molecule has 0 radical (unpaired) electrons. The van der Waals surface area contributed by atoms with Gasteiger partial charge in [0.2, 0.25) is 0 Å². The first-order chi connectivity index (χ1) is 20.9. The second kappa shape index (κ2) is 17.1. The van der Waals surface area contributed by atoms with Crippen molar-refractivity contribution in [1.29, 1.82) is 0 Å². The highest BCUT2D eigenvalue weighted by Crippen LogP contribution is 2.32. The molecular formula is C42H55N. The Morgan fingerprint density at radius 2 is 1.21 bits per heavy atom. The van der Waals surface area contributed by atoms with Crippen molar-refractivity contribution in [2.75, 3.05) is 13.1 Å². The van der Waals surface area contributed by atoms with Crippen LogP contribution in [0.2, 0.25) is 0 Å². The quantitative estimate of drug-likeness (QED) is 0.115. The molecule has 1 saturated heterocycles. The van der Waals surface area contributed by atoms with Gasteiger partial charge in [-0.05, 0) is 123 Å². The monoisotopic (exact) mass is 573 g/mol. The summed E-state index contributed by atoms with van der Waals surface area (Å²) < 4.78 is 0. The molecule has 0 aromatic heterocycles. The Hall–Kier alpha value is -3.32. The molecule has 0 saturated carbocycles. The third-order valence-corrected chi connectivity index (χ3v) is 9.54. The predicted molar refractivity (Wildman–Crippen MR) is 189 cm³/mol. The second-order valence-corrected chi connectivity index (χ2v) is 12.8. The van der Waals surface area contributed by atoms with Gasteiger partial charge in [0.1, 0.15) is 0 Å². The third-order valence-electron chi connectivity index (χ3n) is 9.54. The van der Waals surface area contributed by atoms with Crippen LogP contribution < -0.4 is 0 Å². The van der Waals surface area contributed by atoms with Crippen LogP contribution in [0.5, 0.6) is 0 Å². The number of aryl methyl sites for hydroxylation is 4. The maximum Gasteiger partial charge on any atom is 0.0369 e. The van der Waals surface area contributed by atoms with E-state index in [9.17, 15) is 0 Å². The van der Waals surface area contributed by atoms with Crippen LogP contribution in [0.3, 0.4) is 0 Å². The minimum Gasteiger partial charge on any atom is -0.371 e. The summed E-state index contributed by atoms with van der Waals surface area (Å²) in [6.07, 6.45) is 15.6. The fourth-order valence-corrected chi connectivity index (χ4v) is 6.47. The van der Waals surface area contributed by atoms with Crippen molar-refractivity contribution in [2.45, 2.75) is 97.3 Å². The highest BCUT2D eigenvalue weighted by molar-refractivity contribution is 5.72. The Balaban J connectivity index is 1.22. The van der Waals surface area contributed by atoms with Crippen molar-refractivity contribution in [1.82, 2.24) is 4.90 Å². The molecule has 1 aliphatic heterocycles. The SMILES string of the molecule is C=C(CC)c1ccc(CCCCc2ccc(CCCCCCc3ccccc3)cc2)c(C(=C)N2CCC(C(=C)C)CC2)c1. The zero-order valence-electron chi connectivity index (χ0n) is 27.2. The lowest BCUT2D eigenvalue weighted by molar-refractivity contribution is 0.278. The molecule has 0 spiro atoms. The number of hydrogen-bond acceptors (Lipinski definition) is 1. The molecule has 228 valence electrons. The summed E-state index contributed by atoms with van der Waals surface area (Å²) in [7, 11) is 0. The molecule has 0 unspecified atom stereocenters. The van der Waals surface area contributed by atoms with Gasteiger partial charge in [0.15, 0.2) is 0 Å². The molecule has 1 aliphatic rings. The molecule has 0 atom stereocenters. The van der Waals surface area contributed by atoms with Crippen LogP contribution in [0, 0.1) is 5.92 Å². The number of nitrogens with zero attached hydrogens (tertiary/aromatic N) is 1. The molecule has 1 fully saturated rings. The van der Waals surface area contributed by atoms with Crippen LogP contribution in [0.15, 0.2) is 98.1 Å². The van der Waals surface area contributed by atoms with Gasteiger partial charge >= 0.3 is 0 Å². The van der Waals surface area contributed by atoms with Crippen molar-refractivity contribution in [3.63, 3.8) is 0 Å². The lowest BCUT2D eigenvalue weighted by atomic mass is 9.89. The molecular weight excluding hydrogens is 518 g/mol. The van der Waals surface area contributed by atoms with Gasteiger partial charge in [-0.15, -0.1) is 0 Å². The largest absolute Gasteiger partial charge is 0.371 e. The zero-order valence-corrected chi connectivity index (χ0v) is 27.2. The van der Waals surface area contributed by atoms with Gasteiger partial charge in [-0.1, -0.05) is 112 Å². The van der Waals surface area contributed by atoms with Gasteiger partial charge in [-0.3, -0.25) is 0 Å². The Kier molecular flexibility index (Phi) is 13.0. The van der Waals surface area contributed by atoms with Gasteiger partial charge in [0.05, 0.1) is 0 Å². The van der Waals surface area contributed by atoms with E-state index >= 15 is 0 Å². The molecule has 0 amide bonds. The normalized spacial score (nSPS) is 13.7. The van der Waals surface area contributed by atoms with Crippen molar-refractivity contribution in [3.05, 3.63) is 131 Å². The highest BCUT2D eigenvalue weighted by atomic mass is 15.1. The van der Waals surface area contributed by atoms with Gasteiger partial charge < -0.3 is 4.90 Å². The van der Waals surface area contributed by atoms with Crippen molar-refractivity contribution in [3.8, 4) is 0 Å². The first-order valence-corrected chi connectivity index (χ1v) is 17.0. The smallest absolute Gasteiger partial charge is 0.0369 e. The van der Waals surface area contributed by atoms with Crippen LogP contribution in [0.4, 0.5) is 0 Å². The van der Waals surface area contributed by atoms with Crippen molar-refractivity contribution in [2.24, 2.45) is 5.92 Å². The minimum absolute atomic E-state index is 0.652. The summed E-state index contributed by atoms with van der Waals surface area (Å²) in [6, 6.07) is 27.3. The molecule has 1 nitrogen and oxygen atoms in total. The van der Waals surface area contributed by atoms with E-state index in [2.05, 4.69) is 111 Å². The Labute approximate surface area is 263 Å². The lowest BCUT2D eigenvalue weighted by Gasteiger charge is -2.36. The minimum atomic E-state index is 0.652. The van der Waals surface area contributed by atoms with E-state index in [1.807, 2.05) is 0 Å². The Morgan fingerprint density at radius 3 is 1.77 bits per heavy atom. The average molecular weight is 574 g/mol. The number of allylic oxidation sites excluding steroid dienone is 2. The molecule has 0 N–H and O–H groups in total. The summed E-state index contributed by atoms with van der Waals surface area (Å²) in [5, 5.41) is 0. The number of benzene rings is 3. The lowest BCUT2D eigenvalue weighted by Crippen LogP contribution is -2.32. The predicted octanol–water partition coefficient (Wildman–Crippen LogP) is 11.3. The number of likely N-dealkylation sites (tertiary alicyclic amines) is 1. The average Bonchev–Trinajstić information content (AvgIpc) is 3.05. The van der Waals surface area contributed by atoms with Crippen LogP contribution in [-0.2, 0) is 25.7 Å². The standard InChI is InChI=1S/C42H55N/c1-6-34(4)41-27-26-40(42(32-41)35(5)43-30-28-39(29-31-43)33(2)3)21-15-14-20-38-24-22-37(23-25-38)19-11-8-7-10-16-36-17-12-9-13-18-36/h9,12-13,17-18,22-27,32,39H,2,4-8,10-11,14-16,19-21,28-31H2,1,3H3. The van der Waals surface area contributed by atoms with E-state index in [1.165, 1.54) is 114 Å². The van der Waals surface area contributed by atoms with Gasteiger partial charge in [-0.25, -0.2) is 0 Å². The summed E-state index contributed by atoms with van der Waals surface area (Å²) in [5.74, 6) is 0.652. The van der Waals surface area contributed by atoms with Crippen molar-refractivity contribution >= 4 is 11.3 Å². The van der Waals surface area contributed by atoms with E-state index < -0.39 is 0 Å². The number of rotatable bonds is 17. The zero-order chi connectivity index (χ0) is 30.4. The highest BCUT2D eigenvalue weighted by Gasteiger charge is 2.22. The third kappa shape index (κ3) is 10.1. The van der Waals surface area contributed by atoms with Crippen LogP contribution >= 0.6 is 0 Å². The molecule has 3 aromatic carbocycles. The maximum atomic E-state index is 4.61. The summed E-state index contributed by atoms with van der Waals surface area (Å²) in [5.41, 5.74) is 12.1. The van der Waals surface area contributed by atoms with Gasteiger partial charge in [0, 0.05) is 24.4 Å². The molecule has 0 bridgehead atoms. The van der Waals surface area contributed by atoms with E-state index in [1.54, 1.807) is 0 Å². The topological polar surface area (TPSA) is 3.24 Å². The number of hydrogen-bond donors (Lipinski definition) is 0. The van der Waals surface area contributed by atoms with E-state index in [4.69, 9.17) is 0 Å². The van der Waals surface area contributed by atoms with Crippen LogP contribution in [0.25, 0.3) is 11.3 Å². The van der Waals surface area contributed by atoms with E-state index in [0.717, 1.165) is 32.4 Å². The molecule has 0 aliphatic carbocycles. The van der Waals surface area contributed by atoms with E-state index in [0.29, 0.717) is 5.92 Å². The summed E-state index contributed by atoms with van der Waals surface area (Å²) >= 11 is 0. The second-order valence-electron chi connectivity index (χ2n) is 12.8. The molecule has 43 heavy (non-hydrogen) atoms. The Bertz CT molecular complexity index is 1300. The summed E-state index contributed by atoms with van der Waals surface area (Å²) in [4.78, 5) is 2.50. The van der Waals surface area contributed by atoms with E-state index in [-0.39, 0.29) is 0 Å². The van der Waals surface area contributed by atoms with Crippen molar-refractivity contribution < 1.29 is 0 Å². The van der Waals surface area contributed by atoms with Crippen LogP contribution in [0.1, 0.15) is 105 Å². The molecule has 3 aromatic rings. The van der Waals surface area contributed by atoms with Gasteiger partial charge in [0.25, 0.3) is 0 Å². The number of unbranched alkanes of at least 4 members (excludes halogenated alkanes) is 4. The summed E-state index contributed by atoms with van der Waals surface area (Å²) in [6.45, 7) is 19.6. The first-order valence-electron chi connectivity index (χ1n) is 17.0. The van der Waals surface area contributed by atoms with Crippen LogP contribution in [-0.4, -0.2) is 18.0 Å². The first kappa shape index (κ1) is 32.6. The fourth-order valence-electron chi connectivity index (χ4n) is 6.47. The fraction of sp³-hybridized carbons (Fsp3) is 0.429.